The Hall–Kier alpha value is -3.36. The Balaban J connectivity index is 1.78. The van der Waals surface area contributed by atoms with E-state index in [0.717, 1.165) is 11.1 Å². The average Bonchev–Trinajstić information content (AvgIpc) is 3.09. The maximum atomic E-state index is 13.7. The summed E-state index contributed by atoms with van der Waals surface area (Å²) in [5.41, 5.74) is 2.26. The number of rotatable bonds is 4. The van der Waals surface area contributed by atoms with Crippen LogP contribution in [0.5, 0.6) is 11.5 Å². The molecule has 1 amide bonds. The van der Waals surface area contributed by atoms with Crippen molar-refractivity contribution in [3.8, 4) is 11.5 Å². The second kappa shape index (κ2) is 8.45. The third-order valence-electron chi connectivity index (χ3n) is 5.91. The van der Waals surface area contributed by atoms with Crippen molar-refractivity contribution in [2.45, 2.75) is 19.5 Å². The molecule has 2 aromatic heterocycles. The normalized spacial score (nSPS) is 15.1. The van der Waals surface area contributed by atoms with Gasteiger partial charge < -0.3 is 19.2 Å². The third kappa shape index (κ3) is 3.54. The first-order valence-electron chi connectivity index (χ1n) is 10.3. The molecule has 9 heteroatoms. The molecule has 1 aliphatic heterocycles. The van der Waals surface area contributed by atoms with E-state index < -0.39 is 11.9 Å². The van der Waals surface area contributed by atoms with Crippen LogP contribution < -0.4 is 10.2 Å². The highest BCUT2D eigenvalue weighted by atomic mass is 79.9. The van der Waals surface area contributed by atoms with E-state index in [-0.39, 0.29) is 34.8 Å². The molecule has 0 bridgehead atoms. The third-order valence-corrected chi connectivity index (χ3v) is 6.92. The Morgan fingerprint density at radius 2 is 2.06 bits per heavy atom. The van der Waals surface area contributed by atoms with Gasteiger partial charge in [0, 0.05) is 24.0 Å². The number of fused-ring (bicyclic) bond motifs is 2. The lowest BCUT2D eigenvalue weighted by atomic mass is 9.97. The topological polar surface area (TPSA) is 92.9 Å². The minimum absolute atomic E-state index is 0.0173. The number of halogens is 2. The Bertz CT molecular complexity index is 1520. The number of ether oxygens (including phenoxy) is 1. The van der Waals surface area contributed by atoms with E-state index in [9.17, 15) is 14.7 Å². The molecular weight excluding hydrogens is 524 g/mol. The van der Waals surface area contributed by atoms with Crippen LogP contribution in [0.2, 0.25) is 5.02 Å². The van der Waals surface area contributed by atoms with Gasteiger partial charge in [0.05, 0.1) is 28.6 Å². The molecule has 0 aliphatic carbocycles. The van der Waals surface area contributed by atoms with E-state index in [1.54, 1.807) is 54.5 Å². The number of carbonyl (C=O) groups excluding carboxylic acids is 1. The number of phenolic OH excluding ortho intramolecular Hbond substituents is 1. The van der Waals surface area contributed by atoms with E-state index in [1.165, 1.54) is 7.11 Å². The fourth-order valence-corrected chi connectivity index (χ4v) is 4.87. The molecule has 34 heavy (non-hydrogen) atoms. The monoisotopic (exact) mass is 540 g/mol. The Morgan fingerprint density at radius 1 is 1.26 bits per heavy atom. The largest absolute Gasteiger partial charge is 0.503 e. The van der Waals surface area contributed by atoms with Gasteiger partial charge in [-0.1, -0.05) is 17.7 Å². The molecule has 0 saturated carbocycles. The number of benzene rings is 2. The van der Waals surface area contributed by atoms with Crippen LogP contribution in [-0.2, 0) is 6.54 Å². The minimum Gasteiger partial charge on any atom is -0.503 e. The van der Waals surface area contributed by atoms with Gasteiger partial charge in [-0.2, -0.15) is 0 Å². The second-order valence-electron chi connectivity index (χ2n) is 8.02. The summed E-state index contributed by atoms with van der Waals surface area (Å²) in [6.07, 6.45) is 3.31. The first-order valence-corrected chi connectivity index (χ1v) is 11.5. The van der Waals surface area contributed by atoms with Crippen molar-refractivity contribution in [2.75, 3.05) is 7.11 Å². The summed E-state index contributed by atoms with van der Waals surface area (Å²) in [6, 6.07) is 9.34. The number of carbonyl (C=O) groups is 1. The van der Waals surface area contributed by atoms with Crippen LogP contribution in [0.25, 0.3) is 11.0 Å². The van der Waals surface area contributed by atoms with E-state index >= 15 is 0 Å². The van der Waals surface area contributed by atoms with Gasteiger partial charge in [-0.25, -0.2) is 0 Å². The Labute approximate surface area is 207 Å². The number of amides is 1. The number of pyridine rings is 1. The molecule has 2 aromatic carbocycles. The van der Waals surface area contributed by atoms with E-state index in [2.05, 4.69) is 20.9 Å². The van der Waals surface area contributed by atoms with Crippen LogP contribution in [-0.4, -0.2) is 28.0 Å². The molecule has 1 atom stereocenters. The number of methoxy groups -OCH3 is 1. The van der Waals surface area contributed by atoms with Crippen molar-refractivity contribution < 1.29 is 19.1 Å². The molecule has 7 nitrogen and oxygen atoms in total. The molecule has 0 fully saturated rings. The number of aryl methyl sites for hydroxylation is 1. The summed E-state index contributed by atoms with van der Waals surface area (Å²) in [4.78, 5) is 33.0. The maximum absolute atomic E-state index is 13.7. The predicted octanol–water partition coefficient (Wildman–Crippen LogP) is 5.37. The number of aromatic nitrogens is 1. The molecule has 0 radical (unpaired) electrons. The zero-order valence-electron chi connectivity index (χ0n) is 18.1. The Kier molecular flexibility index (Phi) is 5.58. The molecule has 3 heterocycles. The van der Waals surface area contributed by atoms with E-state index in [1.807, 2.05) is 6.07 Å². The van der Waals surface area contributed by atoms with Crippen LogP contribution in [0, 0.1) is 6.92 Å². The molecule has 1 aliphatic rings. The van der Waals surface area contributed by atoms with Gasteiger partial charge >= 0.3 is 0 Å². The smallest absolute Gasteiger partial charge is 0.291 e. The summed E-state index contributed by atoms with van der Waals surface area (Å²) < 4.78 is 11.7. The average molecular weight is 542 g/mol. The molecule has 4 aromatic rings. The van der Waals surface area contributed by atoms with Crippen LogP contribution in [0.4, 0.5) is 0 Å². The first kappa shape index (κ1) is 22.4. The van der Waals surface area contributed by atoms with Gasteiger partial charge in [-0.15, -0.1) is 0 Å². The van der Waals surface area contributed by atoms with E-state index in [4.69, 9.17) is 20.8 Å². The first-order chi connectivity index (χ1) is 16.3. The quantitative estimate of drug-likeness (QED) is 0.373. The number of hydrogen-bond acceptors (Lipinski definition) is 6. The van der Waals surface area contributed by atoms with Gasteiger partial charge in [0.25, 0.3) is 5.91 Å². The summed E-state index contributed by atoms with van der Waals surface area (Å²) in [5, 5.41) is 11.0. The number of hydrogen-bond donors (Lipinski definition) is 1. The fourth-order valence-electron chi connectivity index (χ4n) is 4.25. The van der Waals surface area contributed by atoms with Crippen LogP contribution >= 0.6 is 27.5 Å². The van der Waals surface area contributed by atoms with Gasteiger partial charge in [-0.3, -0.25) is 14.6 Å². The van der Waals surface area contributed by atoms with Crippen molar-refractivity contribution in [3.05, 3.63) is 96.5 Å². The zero-order chi connectivity index (χ0) is 24.1. The van der Waals surface area contributed by atoms with Crippen molar-refractivity contribution in [1.82, 2.24) is 9.88 Å². The number of phenols is 1. The number of nitrogens with zero attached hydrogens (tertiary/aromatic N) is 2. The summed E-state index contributed by atoms with van der Waals surface area (Å²) in [7, 11) is 1.43. The van der Waals surface area contributed by atoms with Gasteiger partial charge in [-0.05, 0) is 69.9 Å². The van der Waals surface area contributed by atoms with Gasteiger partial charge in [0.2, 0.25) is 5.76 Å². The zero-order valence-corrected chi connectivity index (χ0v) is 20.5. The standard InChI is InChI=1S/C25H18BrClN2O5/c1-12-6-18-15(9-17(12)27)22(30)20-21(14-7-16(26)23(31)19(8-14)33-2)29(25(32)24(20)34-18)11-13-4-3-5-28-10-13/h3-10,21,31H,11H2,1-2H3. The van der Waals surface area contributed by atoms with Crippen LogP contribution in [0.1, 0.15) is 38.9 Å². The van der Waals surface area contributed by atoms with Gasteiger partial charge in [0.15, 0.2) is 16.9 Å². The Morgan fingerprint density at radius 3 is 2.76 bits per heavy atom. The van der Waals surface area contributed by atoms with Gasteiger partial charge in [0.1, 0.15) is 5.58 Å². The SMILES string of the molecule is COc1cc(C2c3c(oc4cc(C)c(Cl)cc4c3=O)C(=O)N2Cc2cccnc2)cc(Br)c1O. The molecule has 172 valence electrons. The van der Waals surface area contributed by atoms with E-state index in [0.29, 0.717) is 26.0 Å². The highest BCUT2D eigenvalue weighted by molar-refractivity contribution is 9.10. The summed E-state index contributed by atoms with van der Waals surface area (Å²) in [5.74, 6) is -0.312. The van der Waals surface area contributed by atoms with Crippen molar-refractivity contribution in [3.63, 3.8) is 0 Å². The summed E-state index contributed by atoms with van der Waals surface area (Å²) >= 11 is 9.63. The second-order valence-corrected chi connectivity index (χ2v) is 9.28. The molecular formula is C25H18BrClN2O5. The lowest BCUT2D eigenvalue weighted by molar-refractivity contribution is 0.0714. The molecule has 0 spiro atoms. The maximum Gasteiger partial charge on any atom is 0.291 e. The van der Waals surface area contributed by atoms with Crippen molar-refractivity contribution in [2.24, 2.45) is 0 Å². The molecule has 1 unspecified atom stereocenters. The minimum atomic E-state index is -0.783. The molecule has 5 rings (SSSR count). The number of aromatic hydroxyl groups is 1. The van der Waals surface area contributed by atoms with Crippen LogP contribution in [0.3, 0.4) is 0 Å². The highest BCUT2D eigenvalue weighted by Gasteiger charge is 2.43. The van der Waals surface area contributed by atoms with Crippen molar-refractivity contribution >= 4 is 44.4 Å². The predicted molar refractivity (Wildman–Crippen MR) is 131 cm³/mol. The van der Waals surface area contributed by atoms with Crippen LogP contribution in [0.15, 0.2) is 62.5 Å². The fraction of sp³-hybridized carbons (Fsp3) is 0.160. The molecule has 1 N–H and O–H groups in total. The molecule has 0 saturated heterocycles. The summed E-state index contributed by atoms with van der Waals surface area (Å²) in [6.45, 7) is 1.99. The highest BCUT2D eigenvalue weighted by Crippen LogP contribution is 2.44. The van der Waals surface area contributed by atoms with Crippen molar-refractivity contribution in [1.29, 1.82) is 0 Å². The lowest BCUT2D eigenvalue weighted by Crippen LogP contribution is -2.29. The lowest BCUT2D eigenvalue weighted by Gasteiger charge is -2.26.